The number of hydrogen-bond acceptors (Lipinski definition) is 5. The Hall–Kier alpha value is -2.21. The Morgan fingerprint density at radius 2 is 2.14 bits per heavy atom. The number of phenols is 1. The van der Waals surface area contributed by atoms with Gasteiger partial charge in [0.1, 0.15) is 5.75 Å². The zero-order valence-corrected chi connectivity index (χ0v) is 13.0. The summed E-state index contributed by atoms with van der Waals surface area (Å²) < 4.78 is 0. The highest BCUT2D eigenvalue weighted by molar-refractivity contribution is 8.00. The third-order valence-electron chi connectivity index (χ3n) is 3.66. The molecule has 3 rings (SSSR count). The first-order chi connectivity index (χ1) is 10.7. The first kappa shape index (κ1) is 14.7. The Kier molecular flexibility index (Phi) is 4.20. The molecule has 0 aliphatic carbocycles. The second-order valence-electron chi connectivity index (χ2n) is 5.09. The first-order valence-electron chi connectivity index (χ1n) is 7.06. The number of aromatic nitrogens is 1. The number of anilines is 1. The van der Waals surface area contributed by atoms with Crippen molar-refractivity contribution < 1.29 is 9.90 Å². The first-order valence-corrected chi connectivity index (χ1v) is 7.94. The molecule has 1 amide bonds. The molecular weight excluding hydrogens is 298 g/mol. The average molecular weight is 315 g/mol. The number of fused-ring (bicyclic) bond motifs is 1. The number of hydrogen-bond donors (Lipinski definition) is 2. The fraction of sp³-hybridized carbons (Fsp3) is 0.250. The summed E-state index contributed by atoms with van der Waals surface area (Å²) in [5.41, 5.74) is 1.65. The molecule has 1 aliphatic rings. The SMILES string of the molecule is CN1c2cccc(O)c2SC1CCNC(=O)c1ccncc1. The van der Waals surface area contributed by atoms with Gasteiger partial charge in [-0.3, -0.25) is 9.78 Å². The number of pyridine rings is 1. The number of rotatable bonds is 4. The van der Waals surface area contributed by atoms with E-state index in [9.17, 15) is 9.90 Å². The van der Waals surface area contributed by atoms with Gasteiger partial charge in [0.2, 0.25) is 0 Å². The van der Waals surface area contributed by atoms with E-state index in [2.05, 4.69) is 15.2 Å². The number of phenolic OH excluding ortho intramolecular Hbond substituents is 1. The topological polar surface area (TPSA) is 65.5 Å². The highest BCUT2D eigenvalue weighted by atomic mass is 32.2. The maximum Gasteiger partial charge on any atom is 0.251 e. The fourth-order valence-corrected chi connectivity index (χ4v) is 3.75. The van der Waals surface area contributed by atoms with E-state index in [4.69, 9.17) is 0 Å². The van der Waals surface area contributed by atoms with Crippen molar-refractivity contribution >= 4 is 23.4 Å². The summed E-state index contributed by atoms with van der Waals surface area (Å²) in [7, 11) is 2.01. The molecule has 0 bridgehead atoms. The minimum absolute atomic E-state index is 0.0894. The van der Waals surface area contributed by atoms with Gasteiger partial charge < -0.3 is 15.3 Å². The van der Waals surface area contributed by atoms with Crippen molar-refractivity contribution in [3.8, 4) is 5.75 Å². The third kappa shape index (κ3) is 2.87. The minimum atomic E-state index is -0.0894. The summed E-state index contributed by atoms with van der Waals surface area (Å²) in [6.07, 6.45) is 4.01. The number of aromatic hydroxyl groups is 1. The number of carbonyl (C=O) groups excluding carboxylic acids is 1. The Balaban J connectivity index is 1.56. The molecule has 0 saturated heterocycles. The molecule has 1 aromatic carbocycles. The van der Waals surface area contributed by atoms with Crippen LogP contribution in [0.25, 0.3) is 0 Å². The van der Waals surface area contributed by atoms with Crippen LogP contribution in [0.15, 0.2) is 47.6 Å². The predicted molar refractivity (Wildman–Crippen MR) is 87.3 cm³/mol. The van der Waals surface area contributed by atoms with Gasteiger partial charge in [0.25, 0.3) is 5.91 Å². The van der Waals surface area contributed by atoms with E-state index in [1.165, 1.54) is 0 Å². The summed E-state index contributed by atoms with van der Waals surface area (Å²) >= 11 is 1.63. The van der Waals surface area contributed by atoms with Gasteiger partial charge >= 0.3 is 0 Å². The summed E-state index contributed by atoms with van der Waals surface area (Å²) in [6, 6.07) is 8.93. The van der Waals surface area contributed by atoms with E-state index in [0.29, 0.717) is 17.9 Å². The van der Waals surface area contributed by atoms with Crippen molar-refractivity contribution in [3.05, 3.63) is 48.3 Å². The zero-order valence-electron chi connectivity index (χ0n) is 12.2. The Morgan fingerprint density at radius 3 is 2.86 bits per heavy atom. The van der Waals surface area contributed by atoms with Crippen LogP contribution in [-0.4, -0.2) is 35.0 Å². The van der Waals surface area contributed by atoms with E-state index in [1.807, 2.05) is 19.2 Å². The molecule has 1 aliphatic heterocycles. The van der Waals surface area contributed by atoms with Gasteiger partial charge in [-0.2, -0.15) is 0 Å². The standard InChI is InChI=1S/C16H17N3O2S/c1-19-12-3-2-4-13(20)15(12)22-14(19)7-10-18-16(21)11-5-8-17-9-6-11/h2-6,8-9,14,20H,7,10H2,1H3,(H,18,21). The fourth-order valence-electron chi connectivity index (χ4n) is 2.45. The molecule has 0 saturated carbocycles. The summed E-state index contributed by atoms with van der Waals surface area (Å²) in [6.45, 7) is 0.581. The summed E-state index contributed by atoms with van der Waals surface area (Å²) in [4.78, 5) is 18.9. The lowest BCUT2D eigenvalue weighted by Gasteiger charge is -2.21. The van der Waals surface area contributed by atoms with Gasteiger partial charge in [0.05, 0.1) is 16.0 Å². The number of nitrogens with zero attached hydrogens (tertiary/aromatic N) is 2. The molecule has 1 unspecified atom stereocenters. The maximum atomic E-state index is 12.0. The Morgan fingerprint density at radius 1 is 1.36 bits per heavy atom. The van der Waals surface area contributed by atoms with Gasteiger partial charge in [-0.25, -0.2) is 0 Å². The molecule has 5 nitrogen and oxygen atoms in total. The zero-order chi connectivity index (χ0) is 15.5. The number of benzene rings is 1. The van der Waals surface area contributed by atoms with E-state index in [0.717, 1.165) is 17.0 Å². The van der Waals surface area contributed by atoms with Crippen LogP contribution in [0.2, 0.25) is 0 Å². The number of nitrogens with one attached hydrogen (secondary N) is 1. The highest BCUT2D eigenvalue weighted by Gasteiger charge is 2.29. The number of thioether (sulfide) groups is 1. The van der Waals surface area contributed by atoms with Gasteiger partial charge in [0.15, 0.2) is 0 Å². The molecule has 1 atom stereocenters. The normalized spacial score (nSPS) is 16.4. The highest BCUT2D eigenvalue weighted by Crippen LogP contribution is 2.47. The largest absolute Gasteiger partial charge is 0.507 e. The van der Waals surface area contributed by atoms with Crippen molar-refractivity contribution in [2.24, 2.45) is 0 Å². The smallest absolute Gasteiger partial charge is 0.251 e. The van der Waals surface area contributed by atoms with E-state index >= 15 is 0 Å². The molecule has 0 radical (unpaired) electrons. The van der Waals surface area contributed by atoms with Gasteiger partial charge in [-0.15, -0.1) is 0 Å². The Bertz CT molecular complexity index is 678. The van der Waals surface area contributed by atoms with Crippen LogP contribution in [-0.2, 0) is 0 Å². The van der Waals surface area contributed by atoms with Crippen LogP contribution in [0.4, 0.5) is 5.69 Å². The monoisotopic (exact) mass is 315 g/mol. The molecule has 0 fully saturated rings. The molecule has 2 N–H and O–H groups in total. The lowest BCUT2D eigenvalue weighted by molar-refractivity contribution is 0.0953. The predicted octanol–water partition coefficient (Wildman–Crippen LogP) is 2.48. The minimum Gasteiger partial charge on any atom is -0.507 e. The van der Waals surface area contributed by atoms with E-state index in [1.54, 1.807) is 42.4 Å². The third-order valence-corrected chi connectivity index (χ3v) is 5.14. The summed E-state index contributed by atoms with van der Waals surface area (Å²) in [5.74, 6) is 0.228. The van der Waals surface area contributed by atoms with Crippen LogP contribution in [0.5, 0.6) is 5.75 Å². The van der Waals surface area contributed by atoms with Gasteiger partial charge in [0, 0.05) is 31.5 Å². The van der Waals surface area contributed by atoms with Crippen LogP contribution in [0.3, 0.4) is 0 Å². The van der Waals surface area contributed by atoms with Crippen molar-refractivity contribution in [1.29, 1.82) is 0 Å². The molecule has 2 aromatic rings. The molecule has 0 spiro atoms. The lowest BCUT2D eigenvalue weighted by atomic mass is 10.2. The van der Waals surface area contributed by atoms with Crippen molar-refractivity contribution in [2.45, 2.75) is 16.7 Å². The summed E-state index contributed by atoms with van der Waals surface area (Å²) in [5, 5.41) is 13.0. The molecule has 6 heteroatoms. The van der Waals surface area contributed by atoms with Crippen LogP contribution in [0, 0.1) is 0 Å². The molecule has 1 aromatic heterocycles. The van der Waals surface area contributed by atoms with Gasteiger partial charge in [-0.05, 0) is 30.7 Å². The second kappa shape index (κ2) is 6.27. The van der Waals surface area contributed by atoms with E-state index in [-0.39, 0.29) is 11.3 Å². The van der Waals surface area contributed by atoms with Crippen molar-refractivity contribution in [1.82, 2.24) is 10.3 Å². The maximum absolute atomic E-state index is 12.0. The van der Waals surface area contributed by atoms with Crippen molar-refractivity contribution in [2.75, 3.05) is 18.5 Å². The second-order valence-corrected chi connectivity index (χ2v) is 6.28. The van der Waals surface area contributed by atoms with Crippen molar-refractivity contribution in [3.63, 3.8) is 0 Å². The number of amides is 1. The average Bonchev–Trinajstić information content (AvgIpc) is 2.86. The molecule has 2 heterocycles. The number of carbonyl (C=O) groups is 1. The van der Waals surface area contributed by atoms with Gasteiger partial charge in [-0.1, -0.05) is 17.8 Å². The van der Waals surface area contributed by atoms with Crippen LogP contribution >= 0.6 is 11.8 Å². The lowest BCUT2D eigenvalue weighted by Crippen LogP contribution is -2.31. The molecular formula is C16H17N3O2S. The quantitative estimate of drug-likeness (QED) is 0.907. The molecule has 22 heavy (non-hydrogen) atoms. The Labute approximate surface area is 133 Å². The van der Waals surface area contributed by atoms with Crippen LogP contribution in [0.1, 0.15) is 16.8 Å². The van der Waals surface area contributed by atoms with E-state index < -0.39 is 0 Å². The molecule has 114 valence electrons. The van der Waals surface area contributed by atoms with Crippen LogP contribution < -0.4 is 10.2 Å².